The number of likely N-dealkylation sites (N-methyl/N-ethyl adjacent to an activating group) is 1. The molecule has 1 aliphatic carbocycles. The maximum absolute atomic E-state index is 6.28. The lowest BCUT2D eigenvalue weighted by Gasteiger charge is -2.38. The number of aliphatic imine (C=N–C) groups is 1. The summed E-state index contributed by atoms with van der Waals surface area (Å²) in [6, 6.07) is 18.1. The molecule has 2 aromatic carbocycles. The second-order valence-corrected chi connectivity index (χ2v) is 8.26. The van der Waals surface area contributed by atoms with E-state index in [1.54, 1.807) is 12.4 Å². The molecule has 182 valence electrons. The average molecular weight is 478 g/mol. The second-order valence-electron chi connectivity index (χ2n) is 8.26. The monoisotopic (exact) mass is 477 g/mol. The largest absolute Gasteiger partial charge is 0.453 e. The van der Waals surface area contributed by atoms with Crippen molar-refractivity contribution in [2.45, 2.75) is 19.8 Å². The lowest BCUT2D eigenvalue weighted by atomic mass is 9.91. The number of hydrogen-bond donors (Lipinski definition) is 0. The Morgan fingerprint density at radius 2 is 1.58 bits per heavy atom. The van der Waals surface area contributed by atoms with Crippen molar-refractivity contribution in [2.24, 2.45) is 4.99 Å². The predicted molar refractivity (Wildman–Crippen MR) is 149 cm³/mol. The van der Waals surface area contributed by atoms with Crippen LogP contribution >= 0.6 is 0 Å². The summed E-state index contributed by atoms with van der Waals surface area (Å²) in [6.45, 7) is 7.98. The number of hydrogen-bond acceptors (Lipinski definition) is 5. The molecular formula is C30H31N5O. The lowest BCUT2D eigenvalue weighted by Crippen LogP contribution is -2.31. The highest BCUT2D eigenvalue weighted by Crippen LogP contribution is 2.51. The van der Waals surface area contributed by atoms with E-state index in [-0.39, 0.29) is 0 Å². The van der Waals surface area contributed by atoms with E-state index in [4.69, 9.17) is 9.73 Å². The number of allylic oxidation sites excluding steroid dienone is 3. The molecule has 0 bridgehead atoms. The van der Waals surface area contributed by atoms with Crippen molar-refractivity contribution in [3.8, 4) is 11.5 Å². The number of amidine groups is 1. The van der Waals surface area contributed by atoms with Crippen LogP contribution in [0.5, 0.6) is 11.5 Å². The Labute approximate surface area is 213 Å². The highest BCUT2D eigenvalue weighted by Gasteiger charge is 2.34. The van der Waals surface area contributed by atoms with E-state index >= 15 is 0 Å². The molecule has 1 aromatic heterocycles. The summed E-state index contributed by atoms with van der Waals surface area (Å²) in [5.41, 5.74) is 5.10. The predicted octanol–water partition coefficient (Wildman–Crippen LogP) is 7.15. The molecule has 0 unspecified atom stereocenters. The Morgan fingerprint density at radius 1 is 0.972 bits per heavy atom. The third-order valence-corrected chi connectivity index (χ3v) is 5.79. The van der Waals surface area contributed by atoms with Crippen LogP contribution in [0.2, 0.25) is 0 Å². The summed E-state index contributed by atoms with van der Waals surface area (Å²) < 4.78 is 6.28. The Hall–Kier alpha value is -4.45. The molecule has 1 aliphatic heterocycles. The quantitative estimate of drug-likeness (QED) is 0.227. The average Bonchev–Trinajstić information content (AvgIpc) is 2.93. The number of benzene rings is 2. The third kappa shape index (κ3) is 4.70. The lowest BCUT2D eigenvalue weighted by molar-refractivity contribution is 0.476. The minimum atomic E-state index is 0.695. The van der Waals surface area contributed by atoms with Crippen LogP contribution < -0.4 is 9.64 Å². The van der Waals surface area contributed by atoms with Gasteiger partial charge in [-0.15, -0.1) is 13.2 Å². The summed E-state index contributed by atoms with van der Waals surface area (Å²) in [6.07, 6.45) is 11.3. The Morgan fingerprint density at radius 3 is 2.17 bits per heavy atom. The van der Waals surface area contributed by atoms with E-state index in [1.807, 2.05) is 75.8 Å². The van der Waals surface area contributed by atoms with Crippen molar-refractivity contribution in [1.82, 2.24) is 14.9 Å². The standard InChI is InChI=1S/C28H27N5O.C2H4/c1-4-17-31-28(32(2)3)21-12-9-11-20(27-29-18-10-19-30-27)26(21)33-22-13-5-7-15-24(22)34-25-16-8-6-14-23(25)33;1-2/h4-8,10-11,13-19H,9,12H2,1-3H3;1-2H2/b17-4-,31-28?;. The SMILES string of the molecule is C/C=C\N=C(C1=C(N2c3ccccc3Oc3ccccc32)C(c2ncccn2)=CCC1)N(C)C.C=C. The summed E-state index contributed by atoms with van der Waals surface area (Å²) in [5, 5.41) is 0. The van der Waals surface area contributed by atoms with Gasteiger partial charge < -0.3 is 14.5 Å². The summed E-state index contributed by atoms with van der Waals surface area (Å²) in [4.78, 5) is 18.4. The fourth-order valence-electron chi connectivity index (χ4n) is 4.40. The first kappa shape index (κ1) is 24.7. The summed E-state index contributed by atoms with van der Waals surface area (Å²) >= 11 is 0. The fraction of sp³-hybridized carbons (Fsp3) is 0.167. The number of nitrogens with zero attached hydrogens (tertiary/aromatic N) is 5. The highest BCUT2D eigenvalue weighted by atomic mass is 16.5. The van der Waals surface area contributed by atoms with E-state index in [9.17, 15) is 0 Å². The molecule has 5 rings (SSSR count). The van der Waals surface area contributed by atoms with E-state index in [0.717, 1.165) is 58.4 Å². The zero-order valence-electron chi connectivity index (χ0n) is 21.1. The van der Waals surface area contributed by atoms with Crippen molar-refractivity contribution in [2.75, 3.05) is 19.0 Å². The van der Waals surface area contributed by atoms with Gasteiger partial charge in [-0.3, -0.25) is 0 Å². The van der Waals surface area contributed by atoms with Gasteiger partial charge in [-0.2, -0.15) is 0 Å². The number of aromatic nitrogens is 2. The highest BCUT2D eigenvalue weighted by molar-refractivity contribution is 6.05. The molecule has 0 amide bonds. The van der Waals surface area contributed by atoms with Crippen LogP contribution in [0.3, 0.4) is 0 Å². The normalized spacial score (nSPS) is 14.8. The van der Waals surface area contributed by atoms with Crippen LogP contribution in [-0.4, -0.2) is 34.8 Å². The number of anilines is 2. The molecule has 0 atom stereocenters. The van der Waals surface area contributed by atoms with Gasteiger partial charge in [-0.25, -0.2) is 15.0 Å². The molecule has 0 N–H and O–H groups in total. The molecule has 0 saturated heterocycles. The van der Waals surface area contributed by atoms with Gasteiger partial charge in [0.05, 0.1) is 17.1 Å². The molecule has 0 fully saturated rings. The molecule has 2 heterocycles. The zero-order valence-corrected chi connectivity index (χ0v) is 21.1. The molecule has 0 spiro atoms. The van der Waals surface area contributed by atoms with Gasteiger partial charge in [0, 0.05) is 43.8 Å². The van der Waals surface area contributed by atoms with Crippen LogP contribution in [0, 0.1) is 0 Å². The van der Waals surface area contributed by atoms with Crippen molar-refractivity contribution in [1.29, 1.82) is 0 Å². The van der Waals surface area contributed by atoms with Crippen LogP contribution in [0.25, 0.3) is 5.57 Å². The Kier molecular flexibility index (Phi) is 7.75. The zero-order chi connectivity index (χ0) is 25.5. The van der Waals surface area contributed by atoms with Gasteiger partial charge in [-0.05, 0) is 50.1 Å². The van der Waals surface area contributed by atoms with Gasteiger partial charge in [-0.1, -0.05) is 36.4 Å². The number of para-hydroxylation sites is 4. The van der Waals surface area contributed by atoms with Crippen molar-refractivity contribution >= 4 is 22.8 Å². The topological polar surface area (TPSA) is 53.9 Å². The van der Waals surface area contributed by atoms with Gasteiger partial charge in [0.2, 0.25) is 0 Å². The maximum Gasteiger partial charge on any atom is 0.160 e. The van der Waals surface area contributed by atoms with Gasteiger partial charge in [0.15, 0.2) is 17.3 Å². The van der Waals surface area contributed by atoms with E-state index in [1.165, 1.54) is 0 Å². The third-order valence-electron chi connectivity index (χ3n) is 5.79. The Balaban J connectivity index is 0.00000148. The van der Waals surface area contributed by atoms with Gasteiger partial charge in [0.1, 0.15) is 5.84 Å². The van der Waals surface area contributed by atoms with Crippen molar-refractivity contribution in [3.05, 3.63) is 116 Å². The Bertz CT molecular complexity index is 1290. The van der Waals surface area contributed by atoms with Gasteiger partial charge in [0.25, 0.3) is 0 Å². The molecular weight excluding hydrogens is 446 g/mol. The van der Waals surface area contributed by atoms with Crippen LogP contribution in [0.15, 0.2) is 115 Å². The first-order chi connectivity index (χ1) is 17.7. The summed E-state index contributed by atoms with van der Waals surface area (Å²) in [5.74, 6) is 3.23. The van der Waals surface area contributed by atoms with E-state index in [0.29, 0.717) is 5.82 Å². The molecule has 36 heavy (non-hydrogen) atoms. The minimum absolute atomic E-state index is 0.695. The first-order valence-electron chi connectivity index (χ1n) is 11.9. The molecule has 0 radical (unpaired) electrons. The van der Waals surface area contributed by atoms with E-state index in [2.05, 4.69) is 51.1 Å². The summed E-state index contributed by atoms with van der Waals surface area (Å²) in [7, 11) is 4.07. The number of rotatable bonds is 4. The van der Waals surface area contributed by atoms with E-state index < -0.39 is 0 Å². The molecule has 3 aromatic rings. The van der Waals surface area contributed by atoms with Crippen LogP contribution in [0.1, 0.15) is 25.6 Å². The maximum atomic E-state index is 6.28. The molecule has 0 saturated carbocycles. The number of fused-ring (bicyclic) bond motifs is 2. The first-order valence-corrected chi connectivity index (χ1v) is 11.9. The van der Waals surface area contributed by atoms with Crippen molar-refractivity contribution < 1.29 is 4.74 Å². The van der Waals surface area contributed by atoms with Crippen LogP contribution in [-0.2, 0) is 0 Å². The van der Waals surface area contributed by atoms with Gasteiger partial charge >= 0.3 is 0 Å². The van der Waals surface area contributed by atoms with Crippen molar-refractivity contribution in [3.63, 3.8) is 0 Å². The van der Waals surface area contributed by atoms with Crippen LogP contribution in [0.4, 0.5) is 11.4 Å². The molecule has 2 aliphatic rings. The smallest absolute Gasteiger partial charge is 0.160 e. The number of ether oxygens (including phenoxy) is 1. The molecule has 6 heteroatoms. The molecule has 6 nitrogen and oxygen atoms in total. The fourth-order valence-corrected chi connectivity index (χ4v) is 4.40. The second kappa shape index (κ2) is 11.3. The minimum Gasteiger partial charge on any atom is -0.453 e.